The maximum atomic E-state index is 13.1. The largest absolute Gasteiger partial charge is 0.351 e. The highest BCUT2D eigenvalue weighted by Crippen LogP contribution is 2.26. The number of anilines is 1. The molecule has 1 aromatic heterocycles. The number of carbonyl (C=O) groups is 1. The Morgan fingerprint density at radius 1 is 1.08 bits per heavy atom. The van der Waals surface area contributed by atoms with Gasteiger partial charge >= 0.3 is 0 Å². The molecule has 2 aromatic rings. The minimum atomic E-state index is -0.153. The second kappa shape index (κ2) is 7.03. The summed E-state index contributed by atoms with van der Waals surface area (Å²) in [5, 5.41) is 4.09. The van der Waals surface area contributed by atoms with Crippen LogP contribution in [-0.4, -0.2) is 17.6 Å². The second-order valence-corrected chi connectivity index (χ2v) is 8.80. The van der Waals surface area contributed by atoms with E-state index in [1.54, 1.807) is 11.0 Å². The molecule has 0 aliphatic heterocycles. The fraction of sp³-hybridized carbons (Fsp3) is 0.524. The van der Waals surface area contributed by atoms with Gasteiger partial charge in [-0.2, -0.15) is 0 Å². The first-order chi connectivity index (χ1) is 11.5. The highest BCUT2D eigenvalue weighted by atomic mass is 16.5. The van der Waals surface area contributed by atoms with E-state index in [-0.39, 0.29) is 22.5 Å². The average molecular weight is 342 g/mol. The van der Waals surface area contributed by atoms with E-state index in [4.69, 9.17) is 4.52 Å². The van der Waals surface area contributed by atoms with Crippen molar-refractivity contribution in [2.24, 2.45) is 5.41 Å². The van der Waals surface area contributed by atoms with E-state index in [0.29, 0.717) is 6.54 Å². The van der Waals surface area contributed by atoms with Gasteiger partial charge in [-0.25, -0.2) is 0 Å². The van der Waals surface area contributed by atoms with Crippen molar-refractivity contribution in [1.29, 1.82) is 0 Å². The average Bonchev–Trinajstić information content (AvgIpc) is 3.01. The summed E-state index contributed by atoms with van der Waals surface area (Å²) in [6.07, 6.45) is 0.977. The molecule has 4 heteroatoms. The molecule has 25 heavy (non-hydrogen) atoms. The Labute approximate surface area is 151 Å². The summed E-state index contributed by atoms with van der Waals surface area (Å²) in [6, 6.07) is 9.91. The van der Waals surface area contributed by atoms with Crippen molar-refractivity contribution in [3.63, 3.8) is 0 Å². The van der Waals surface area contributed by atoms with E-state index in [1.165, 1.54) is 5.56 Å². The first-order valence-corrected chi connectivity index (χ1v) is 8.89. The molecule has 0 bridgehead atoms. The summed E-state index contributed by atoms with van der Waals surface area (Å²) in [7, 11) is 0. The minimum Gasteiger partial charge on any atom is -0.351 e. The predicted molar refractivity (Wildman–Crippen MR) is 102 cm³/mol. The van der Waals surface area contributed by atoms with E-state index in [9.17, 15) is 4.79 Å². The predicted octanol–water partition coefficient (Wildman–Crippen LogP) is 5.23. The Hall–Kier alpha value is -2.10. The van der Waals surface area contributed by atoms with Crippen LogP contribution in [0.2, 0.25) is 0 Å². The number of nitrogens with zero attached hydrogens (tertiary/aromatic N) is 2. The standard InChI is InChI=1S/C21H30N2O2/c1-8-15-9-11-16(12-10-15)23(14-20(2,3)4)19(24)17-13-18(22-25-17)21(5,6)7/h9-13H,8,14H2,1-7H3. The molecule has 0 spiro atoms. The molecule has 0 unspecified atom stereocenters. The van der Waals surface area contributed by atoms with Crippen LogP contribution in [0, 0.1) is 5.41 Å². The van der Waals surface area contributed by atoms with Crippen molar-refractivity contribution in [1.82, 2.24) is 5.16 Å². The third kappa shape index (κ3) is 4.94. The molecule has 4 nitrogen and oxygen atoms in total. The van der Waals surface area contributed by atoms with E-state index >= 15 is 0 Å². The van der Waals surface area contributed by atoms with E-state index in [0.717, 1.165) is 17.8 Å². The van der Waals surface area contributed by atoms with Crippen LogP contribution < -0.4 is 4.90 Å². The number of aryl methyl sites for hydroxylation is 1. The third-order valence-corrected chi connectivity index (χ3v) is 4.02. The Morgan fingerprint density at radius 3 is 2.12 bits per heavy atom. The van der Waals surface area contributed by atoms with Gasteiger partial charge in [0, 0.05) is 23.7 Å². The van der Waals surface area contributed by atoms with Crippen molar-refractivity contribution >= 4 is 11.6 Å². The highest BCUT2D eigenvalue weighted by molar-refractivity contribution is 6.04. The van der Waals surface area contributed by atoms with Gasteiger partial charge in [0.25, 0.3) is 5.91 Å². The second-order valence-electron chi connectivity index (χ2n) is 8.80. The molecule has 1 amide bonds. The van der Waals surface area contributed by atoms with Gasteiger partial charge in [-0.3, -0.25) is 4.79 Å². The number of aromatic nitrogens is 1. The molecular weight excluding hydrogens is 312 g/mol. The molecule has 0 aliphatic carbocycles. The first-order valence-electron chi connectivity index (χ1n) is 8.89. The number of hydrogen-bond acceptors (Lipinski definition) is 3. The maximum Gasteiger partial charge on any atom is 0.296 e. The normalized spacial score (nSPS) is 12.3. The smallest absolute Gasteiger partial charge is 0.296 e. The summed E-state index contributed by atoms with van der Waals surface area (Å²) in [6.45, 7) is 15.2. The maximum absolute atomic E-state index is 13.1. The van der Waals surface area contributed by atoms with E-state index in [2.05, 4.69) is 65.8 Å². The fourth-order valence-electron chi connectivity index (χ4n) is 2.53. The van der Waals surface area contributed by atoms with Crippen LogP contribution in [0.15, 0.2) is 34.9 Å². The van der Waals surface area contributed by atoms with Gasteiger partial charge in [0.15, 0.2) is 0 Å². The number of amides is 1. The summed E-state index contributed by atoms with van der Waals surface area (Å²) in [5.74, 6) is 0.135. The van der Waals surface area contributed by atoms with Crippen LogP contribution in [0.25, 0.3) is 0 Å². The molecule has 136 valence electrons. The molecule has 0 aliphatic rings. The Balaban J connectivity index is 2.37. The quantitative estimate of drug-likeness (QED) is 0.764. The molecule has 0 radical (unpaired) electrons. The van der Waals surface area contributed by atoms with Crippen molar-refractivity contribution in [2.75, 3.05) is 11.4 Å². The van der Waals surface area contributed by atoms with Crippen LogP contribution in [-0.2, 0) is 11.8 Å². The molecule has 1 aromatic carbocycles. The lowest BCUT2D eigenvalue weighted by atomic mass is 9.92. The summed E-state index contributed by atoms with van der Waals surface area (Å²) in [4.78, 5) is 14.9. The van der Waals surface area contributed by atoms with Gasteiger partial charge in [-0.15, -0.1) is 0 Å². The van der Waals surface area contributed by atoms with Crippen LogP contribution >= 0.6 is 0 Å². The number of benzene rings is 1. The van der Waals surface area contributed by atoms with Crippen LogP contribution in [0.5, 0.6) is 0 Å². The lowest BCUT2D eigenvalue weighted by molar-refractivity contribution is 0.0941. The topological polar surface area (TPSA) is 46.3 Å². The summed E-state index contributed by atoms with van der Waals surface area (Å²) in [5.41, 5.74) is 2.73. The lowest BCUT2D eigenvalue weighted by Crippen LogP contribution is -2.37. The lowest BCUT2D eigenvalue weighted by Gasteiger charge is -2.29. The number of rotatable bonds is 4. The van der Waals surface area contributed by atoms with Crippen molar-refractivity contribution in [3.05, 3.63) is 47.3 Å². The Kier molecular flexibility index (Phi) is 5.40. The SMILES string of the molecule is CCc1ccc(N(CC(C)(C)C)C(=O)c2cc(C(C)(C)C)no2)cc1. The van der Waals surface area contributed by atoms with E-state index < -0.39 is 0 Å². The van der Waals surface area contributed by atoms with Gasteiger partial charge < -0.3 is 9.42 Å². The first kappa shape index (κ1) is 19.2. The third-order valence-electron chi connectivity index (χ3n) is 4.02. The van der Waals surface area contributed by atoms with Gasteiger partial charge in [0.2, 0.25) is 5.76 Å². The fourth-order valence-corrected chi connectivity index (χ4v) is 2.53. The van der Waals surface area contributed by atoms with Crippen molar-refractivity contribution in [2.45, 2.75) is 60.3 Å². The molecule has 1 heterocycles. The Morgan fingerprint density at radius 2 is 1.68 bits per heavy atom. The van der Waals surface area contributed by atoms with Gasteiger partial charge in [-0.05, 0) is 29.5 Å². The molecule has 2 rings (SSSR count). The van der Waals surface area contributed by atoms with E-state index in [1.807, 2.05) is 12.1 Å². The zero-order valence-corrected chi connectivity index (χ0v) is 16.5. The molecule has 0 atom stereocenters. The van der Waals surface area contributed by atoms with Gasteiger partial charge in [0.05, 0.1) is 5.69 Å². The molecule has 0 fully saturated rings. The number of hydrogen-bond donors (Lipinski definition) is 0. The van der Waals surface area contributed by atoms with Gasteiger partial charge in [-0.1, -0.05) is 65.8 Å². The monoisotopic (exact) mass is 342 g/mol. The zero-order valence-electron chi connectivity index (χ0n) is 16.5. The Bertz CT molecular complexity index is 716. The number of carbonyl (C=O) groups excluding carboxylic acids is 1. The van der Waals surface area contributed by atoms with Crippen molar-refractivity contribution in [3.8, 4) is 0 Å². The molecule has 0 saturated heterocycles. The minimum absolute atomic E-state index is 0.0357. The zero-order chi connectivity index (χ0) is 18.8. The summed E-state index contributed by atoms with van der Waals surface area (Å²) < 4.78 is 5.37. The summed E-state index contributed by atoms with van der Waals surface area (Å²) >= 11 is 0. The highest BCUT2D eigenvalue weighted by Gasteiger charge is 2.28. The molecule has 0 saturated carbocycles. The van der Waals surface area contributed by atoms with Crippen LogP contribution in [0.1, 0.15) is 70.3 Å². The van der Waals surface area contributed by atoms with Crippen LogP contribution in [0.3, 0.4) is 0 Å². The molecule has 0 N–H and O–H groups in total. The van der Waals surface area contributed by atoms with Gasteiger partial charge in [0.1, 0.15) is 0 Å². The van der Waals surface area contributed by atoms with Crippen molar-refractivity contribution < 1.29 is 9.32 Å². The molecular formula is C21H30N2O2. The van der Waals surface area contributed by atoms with Crippen LogP contribution in [0.4, 0.5) is 5.69 Å².